The maximum Gasteiger partial charge on any atom is 0.375 e. The lowest BCUT2D eigenvalue weighted by atomic mass is 10.1. The third kappa shape index (κ3) is 2.96. The molecule has 0 aromatic heterocycles. The van der Waals surface area contributed by atoms with Gasteiger partial charge in [0.25, 0.3) is 0 Å². The van der Waals surface area contributed by atoms with Crippen LogP contribution in [0.4, 0.5) is 0 Å². The van der Waals surface area contributed by atoms with Gasteiger partial charge in [0, 0.05) is 6.42 Å². The summed E-state index contributed by atoms with van der Waals surface area (Å²) in [6, 6.07) is 9.36. The van der Waals surface area contributed by atoms with Crippen LogP contribution in [0.3, 0.4) is 0 Å². The van der Waals surface area contributed by atoms with Crippen LogP contribution in [0.5, 0.6) is 0 Å². The zero-order valence-electron chi connectivity index (χ0n) is 11.3. The number of hydrazone groups is 1. The summed E-state index contributed by atoms with van der Waals surface area (Å²) in [5.41, 5.74) is 6.54. The van der Waals surface area contributed by atoms with Gasteiger partial charge in [-0.2, -0.15) is 0 Å². The molecule has 0 saturated carbocycles. The molecule has 0 aliphatic carbocycles. The van der Waals surface area contributed by atoms with Crippen LogP contribution >= 0.6 is 0 Å². The average molecular weight is 275 g/mol. The van der Waals surface area contributed by atoms with Crippen LogP contribution in [0, 0.1) is 0 Å². The summed E-state index contributed by atoms with van der Waals surface area (Å²) in [5, 5.41) is 5.22. The molecule has 1 aliphatic heterocycles. The third-order valence-corrected chi connectivity index (χ3v) is 3.07. The van der Waals surface area contributed by atoms with Crippen LogP contribution in [-0.4, -0.2) is 29.3 Å². The molecule has 2 N–H and O–H groups in total. The first kappa shape index (κ1) is 14.0. The molecule has 1 amide bonds. The van der Waals surface area contributed by atoms with Crippen LogP contribution in [0.1, 0.15) is 31.4 Å². The second-order valence-corrected chi connectivity index (χ2v) is 4.41. The topological polar surface area (TPSA) is 85.0 Å². The Morgan fingerprint density at radius 1 is 1.45 bits per heavy atom. The van der Waals surface area contributed by atoms with E-state index in [0.717, 1.165) is 5.56 Å². The number of amidine groups is 1. The van der Waals surface area contributed by atoms with Gasteiger partial charge in [-0.1, -0.05) is 30.3 Å². The first-order valence-corrected chi connectivity index (χ1v) is 6.51. The van der Waals surface area contributed by atoms with Crippen molar-refractivity contribution in [2.75, 3.05) is 6.61 Å². The van der Waals surface area contributed by atoms with Crippen molar-refractivity contribution >= 4 is 17.7 Å². The number of rotatable bonds is 3. The molecule has 0 spiro atoms. The number of nitrogens with zero attached hydrogens (tertiary/aromatic N) is 2. The minimum Gasteiger partial charge on any atom is -0.460 e. The summed E-state index contributed by atoms with van der Waals surface area (Å²) in [4.78, 5) is 23.3. The number of hydrogen-bond acceptors (Lipinski definition) is 4. The van der Waals surface area contributed by atoms with E-state index in [1.54, 1.807) is 6.92 Å². The number of amides is 1. The highest BCUT2D eigenvalue weighted by atomic mass is 16.5. The zero-order chi connectivity index (χ0) is 14.5. The highest BCUT2D eigenvalue weighted by Crippen LogP contribution is 2.32. The summed E-state index contributed by atoms with van der Waals surface area (Å²) in [6.45, 7) is 1.89. The molecule has 0 bridgehead atoms. The van der Waals surface area contributed by atoms with E-state index in [9.17, 15) is 9.59 Å². The van der Waals surface area contributed by atoms with Gasteiger partial charge in [-0.15, -0.1) is 5.10 Å². The summed E-state index contributed by atoms with van der Waals surface area (Å²) >= 11 is 0. The molecule has 1 fully saturated rings. The molecular weight excluding hydrogens is 258 g/mol. The van der Waals surface area contributed by atoms with E-state index in [1.165, 1.54) is 5.01 Å². The predicted octanol–water partition coefficient (Wildman–Crippen LogP) is 1.19. The van der Waals surface area contributed by atoms with Gasteiger partial charge in [0.05, 0.1) is 12.6 Å². The normalized spacial score (nSPS) is 19.2. The second kappa shape index (κ2) is 6.18. The Kier molecular flexibility index (Phi) is 4.34. The van der Waals surface area contributed by atoms with Gasteiger partial charge in [-0.05, 0) is 18.9 Å². The van der Waals surface area contributed by atoms with Gasteiger partial charge in [0.2, 0.25) is 11.7 Å². The van der Waals surface area contributed by atoms with Crippen molar-refractivity contribution in [3.8, 4) is 0 Å². The van der Waals surface area contributed by atoms with Gasteiger partial charge < -0.3 is 10.5 Å². The van der Waals surface area contributed by atoms with Gasteiger partial charge >= 0.3 is 5.97 Å². The van der Waals surface area contributed by atoms with Crippen LogP contribution in [0.15, 0.2) is 35.4 Å². The molecule has 20 heavy (non-hydrogen) atoms. The van der Waals surface area contributed by atoms with E-state index in [2.05, 4.69) is 5.10 Å². The van der Waals surface area contributed by atoms with Crippen molar-refractivity contribution in [1.29, 1.82) is 0 Å². The molecule has 1 heterocycles. The number of nitrogens with two attached hydrogens (primary N) is 1. The summed E-state index contributed by atoms with van der Waals surface area (Å²) in [7, 11) is 0. The lowest BCUT2D eigenvalue weighted by Gasteiger charge is -2.20. The van der Waals surface area contributed by atoms with Crippen LogP contribution in [-0.2, 0) is 14.3 Å². The molecule has 1 atom stereocenters. The van der Waals surface area contributed by atoms with Gasteiger partial charge in [-0.3, -0.25) is 4.79 Å². The molecule has 6 nitrogen and oxygen atoms in total. The zero-order valence-corrected chi connectivity index (χ0v) is 11.3. The molecule has 1 unspecified atom stereocenters. The quantitative estimate of drug-likeness (QED) is 0.510. The fraction of sp³-hybridized carbons (Fsp3) is 0.357. The summed E-state index contributed by atoms with van der Waals surface area (Å²) in [6.07, 6.45) is 1.04. The standard InChI is InChI=1S/C14H17N3O3/c1-2-20-14(19)13(15)16-17-11(8-9-12(17)18)10-6-4-3-5-7-10/h3-7,11H,2,8-9H2,1H3,(H2,15,16). The average Bonchev–Trinajstić information content (AvgIpc) is 2.81. The van der Waals surface area contributed by atoms with Crippen LogP contribution < -0.4 is 5.73 Å². The van der Waals surface area contributed by atoms with Crippen molar-refractivity contribution in [3.63, 3.8) is 0 Å². The maximum absolute atomic E-state index is 11.9. The Morgan fingerprint density at radius 2 is 2.15 bits per heavy atom. The number of ether oxygens (including phenoxy) is 1. The second-order valence-electron chi connectivity index (χ2n) is 4.41. The highest BCUT2D eigenvalue weighted by molar-refractivity contribution is 6.34. The molecule has 6 heteroatoms. The number of benzene rings is 1. The molecule has 1 aromatic carbocycles. The first-order valence-electron chi connectivity index (χ1n) is 6.51. The lowest BCUT2D eigenvalue weighted by molar-refractivity contribution is -0.135. The van der Waals surface area contributed by atoms with Gasteiger partial charge in [-0.25, -0.2) is 9.80 Å². The lowest BCUT2D eigenvalue weighted by Crippen LogP contribution is -2.32. The van der Waals surface area contributed by atoms with Gasteiger partial charge in [0.1, 0.15) is 0 Å². The number of hydrogen-bond donors (Lipinski definition) is 1. The van der Waals surface area contributed by atoms with E-state index in [1.807, 2.05) is 30.3 Å². The number of esters is 1. The largest absolute Gasteiger partial charge is 0.460 e. The molecule has 1 aliphatic rings. The molecule has 1 aromatic rings. The third-order valence-electron chi connectivity index (χ3n) is 3.07. The van der Waals surface area contributed by atoms with Crippen LogP contribution in [0.2, 0.25) is 0 Å². The van der Waals surface area contributed by atoms with Crippen LogP contribution in [0.25, 0.3) is 0 Å². The predicted molar refractivity (Wildman–Crippen MR) is 73.5 cm³/mol. The fourth-order valence-electron chi connectivity index (χ4n) is 2.14. The highest BCUT2D eigenvalue weighted by Gasteiger charge is 2.33. The molecular formula is C14H17N3O3. The van der Waals surface area contributed by atoms with Crippen molar-refractivity contribution < 1.29 is 14.3 Å². The van der Waals surface area contributed by atoms with Crippen molar-refractivity contribution in [1.82, 2.24) is 5.01 Å². The van der Waals surface area contributed by atoms with E-state index < -0.39 is 5.97 Å². The Balaban J connectivity index is 2.21. The Morgan fingerprint density at radius 3 is 2.80 bits per heavy atom. The minimum absolute atomic E-state index is 0.147. The van der Waals surface area contributed by atoms with Crippen molar-refractivity contribution in [2.45, 2.75) is 25.8 Å². The van der Waals surface area contributed by atoms with E-state index in [0.29, 0.717) is 12.8 Å². The van der Waals surface area contributed by atoms with E-state index in [-0.39, 0.29) is 24.4 Å². The monoisotopic (exact) mass is 275 g/mol. The molecule has 0 radical (unpaired) electrons. The summed E-state index contributed by atoms with van der Waals surface area (Å²) in [5.74, 6) is -1.16. The van der Waals surface area contributed by atoms with E-state index >= 15 is 0 Å². The number of carbonyl (C=O) groups excluding carboxylic acids is 2. The Bertz CT molecular complexity index is 528. The first-order chi connectivity index (χ1) is 9.63. The molecule has 1 saturated heterocycles. The van der Waals surface area contributed by atoms with E-state index in [4.69, 9.17) is 10.5 Å². The summed E-state index contributed by atoms with van der Waals surface area (Å²) < 4.78 is 4.76. The smallest absolute Gasteiger partial charge is 0.375 e. The van der Waals surface area contributed by atoms with Crippen molar-refractivity contribution in [3.05, 3.63) is 35.9 Å². The van der Waals surface area contributed by atoms with Crippen molar-refractivity contribution in [2.24, 2.45) is 10.8 Å². The Labute approximate surface area is 117 Å². The molecule has 106 valence electrons. The SMILES string of the molecule is CCOC(=O)/C(N)=N/N1C(=O)CCC1c1ccccc1. The van der Waals surface area contributed by atoms with Gasteiger partial charge in [0.15, 0.2) is 0 Å². The maximum atomic E-state index is 11.9. The minimum atomic E-state index is -0.709. The Hall–Kier alpha value is -2.37. The number of carbonyl (C=O) groups is 2. The molecule has 2 rings (SSSR count). The fourth-order valence-corrected chi connectivity index (χ4v) is 2.14.